The summed E-state index contributed by atoms with van der Waals surface area (Å²) in [5.41, 5.74) is 2.37. The first kappa shape index (κ1) is 15.6. The molecule has 1 fully saturated rings. The number of hydrogen-bond donors (Lipinski definition) is 1. The van der Waals surface area contributed by atoms with Gasteiger partial charge in [-0.2, -0.15) is 0 Å². The summed E-state index contributed by atoms with van der Waals surface area (Å²) in [6.07, 6.45) is 0.0589. The fourth-order valence-electron chi connectivity index (χ4n) is 2.47. The Hall–Kier alpha value is -1.83. The Balaban J connectivity index is 2.27. The maximum Gasteiger partial charge on any atom is 0.254 e. The highest BCUT2D eigenvalue weighted by Gasteiger charge is 2.28. The van der Waals surface area contributed by atoms with Crippen LogP contribution in [-0.2, 0) is 4.74 Å². The molecule has 0 radical (unpaired) electrons. The van der Waals surface area contributed by atoms with Gasteiger partial charge in [0.25, 0.3) is 5.91 Å². The first-order chi connectivity index (χ1) is 10.0. The number of aryl methyl sites for hydroxylation is 1. The first-order valence-electron chi connectivity index (χ1n) is 7.15. The summed E-state index contributed by atoms with van der Waals surface area (Å²) in [6.45, 7) is 6.88. The van der Waals surface area contributed by atoms with E-state index in [9.17, 15) is 4.79 Å². The van der Waals surface area contributed by atoms with Gasteiger partial charge in [-0.25, -0.2) is 0 Å². The summed E-state index contributed by atoms with van der Waals surface area (Å²) in [5.74, 6) is 5.48. The molecule has 2 unspecified atom stereocenters. The third kappa shape index (κ3) is 3.84. The molecule has 112 valence electrons. The van der Waals surface area contributed by atoms with E-state index in [2.05, 4.69) is 11.8 Å². The molecule has 1 N–H and O–H groups in total. The number of ether oxygens (including phenoxy) is 1. The van der Waals surface area contributed by atoms with Crippen LogP contribution in [0.25, 0.3) is 0 Å². The second-order valence-electron chi connectivity index (χ2n) is 5.50. The molecule has 1 aliphatic heterocycles. The van der Waals surface area contributed by atoms with Crippen LogP contribution >= 0.6 is 0 Å². The molecule has 2 atom stereocenters. The van der Waals surface area contributed by atoms with Crippen LogP contribution in [0.5, 0.6) is 0 Å². The number of morpholine rings is 1. The zero-order chi connectivity index (χ0) is 15.4. The molecule has 2 rings (SSSR count). The molecule has 0 saturated carbocycles. The molecule has 1 saturated heterocycles. The van der Waals surface area contributed by atoms with E-state index < -0.39 is 0 Å². The van der Waals surface area contributed by atoms with Crippen molar-refractivity contribution in [3.05, 3.63) is 34.9 Å². The second-order valence-corrected chi connectivity index (χ2v) is 5.50. The third-order valence-corrected chi connectivity index (χ3v) is 3.50. The van der Waals surface area contributed by atoms with Crippen molar-refractivity contribution in [1.29, 1.82) is 0 Å². The number of benzene rings is 1. The lowest BCUT2D eigenvalue weighted by atomic mass is 10.0. The van der Waals surface area contributed by atoms with Gasteiger partial charge in [-0.1, -0.05) is 11.8 Å². The van der Waals surface area contributed by atoms with Crippen molar-refractivity contribution in [3.8, 4) is 11.8 Å². The van der Waals surface area contributed by atoms with Crippen molar-refractivity contribution in [2.24, 2.45) is 0 Å². The van der Waals surface area contributed by atoms with E-state index in [1.54, 1.807) is 6.07 Å². The number of aliphatic hydroxyl groups is 1. The van der Waals surface area contributed by atoms with Crippen molar-refractivity contribution in [1.82, 2.24) is 4.90 Å². The SMILES string of the molecule is Cc1cc(C#CCO)cc(C(=O)N2CC(C)OCC2C)c1. The number of carbonyl (C=O) groups is 1. The topological polar surface area (TPSA) is 49.8 Å². The monoisotopic (exact) mass is 287 g/mol. The molecule has 0 spiro atoms. The number of carbonyl (C=O) groups excluding carboxylic acids is 1. The molecule has 0 aliphatic carbocycles. The minimum atomic E-state index is -0.185. The molecule has 0 bridgehead atoms. The van der Waals surface area contributed by atoms with E-state index in [0.29, 0.717) is 18.7 Å². The molecule has 0 aromatic heterocycles. The number of aliphatic hydroxyl groups excluding tert-OH is 1. The standard InChI is InChI=1S/C17H21NO3/c1-12-7-15(5-4-6-19)9-16(8-12)17(20)18-10-14(3)21-11-13(18)2/h7-9,13-14,19H,6,10-11H2,1-3H3. The predicted octanol–water partition coefficient (Wildman–Crippen LogP) is 1.59. The smallest absolute Gasteiger partial charge is 0.254 e. The predicted molar refractivity (Wildman–Crippen MR) is 81.1 cm³/mol. The molecule has 4 heteroatoms. The van der Waals surface area contributed by atoms with Crippen molar-refractivity contribution in [2.45, 2.75) is 32.9 Å². The van der Waals surface area contributed by atoms with Crippen LogP contribution in [0.15, 0.2) is 18.2 Å². The fourth-order valence-corrected chi connectivity index (χ4v) is 2.47. The van der Waals surface area contributed by atoms with Gasteiger partial charge in [-0.3, -0.25) is 4.79 Å². The Bertz CT molecular complexity index is 585. The third-order valence-electron chi connectivity index (χ3n) is 3.50. The zero-order valence-corrected chi connectivity index (χ0v) is 12.7. The summed E-state index contributed by atoms with van der Waals surface area (Å²) < 4.78 is 5.56. The lowest BCUT2D eigenvalue weighted by molar-refractivity contribution is -0.0387. The summed E-state index contributed by atoms with van der Waals surface area (Å²) in [4.78, 5) is 14.6. The Kier molecular flexibility index (Phi) is 5.00. The van der Waals surface area contributed by atoms with E-state index in [1.807, 2.05) is 37.8 Å². The minimum Gasteiger partial charge on any atom is -0.384 e. The highest BCUT2D eigenvalue weighted by atomic mass is 16.5. The number of amides is 1. The first-order valence-corrected chi connectivity index (χ1v) is 7.15. The van der Waals surface area contributed by atoms with Crippen LogP contribution in [-0.4, -0.2) is 47.8 Å². The molecule has 1 aromatic carbocycles. The number of rotatable bonds is 1. The van der Waals surface area contributed by atoms with Crippen LogP contribution < -0.4 is 0 Å². The summed E-state index contributed by atoms with van der Waals surface area (Å²) in [5, 5.41) is 8.78. The Morgan fingerprint density at radius 1 is 1.43 bits per heavy atom. The van der Waals surface area contributed by atoms with Gasteiger partial charge in [-0.15, -0.1) is 0 Å². The van der Waals surface area contributed by atoms with Gasteiger partial charge in [0.2, 0.25) is 0 Å². The molecular weight excluding hydrogens is 266 g/mol. The summed E-state index contributed by atoms with van der Waals surface area (Å²) in [6, 6.07) is 5.63. The molecule has 1 amide bonds. The van der Waals surface area contributed by atoms with E-state index in [-0.39, 0.29) is 24.7 Å². The van der Waals surface area contributed by atoms with Crippen LogP contribution in [0.2, 0.25) is 0 Å². The molecule has 4 nitrogen and oxygen atoms in total. The van der Waals surface area contributed by atoms with E-state index >= 15 is 0 Å². The molecular formula is C17H21NO3. The van der Waals surface area contributed by atoms with E-state index in [4.69, 9.17) is 9.84 Å². The van der Waals surface area contributed by atoms with E-state index in [1.165, 1.54) is 0 Å². The van der Waals surface area contributed by atoms with E-state index in [0.717, 1.165) is 11.1 Å². The van der Waals surface area contributed by atoms with Gasteiger partial charge in [0.05, 0.1) is 18.8 Å². The highest BCUT2D eigenvalue weighted by molar-refractivity contribution is 5.95. The molecule has 1 aliphatic rings. The normalized spacial score (nSPS) is 21.6. The minimum absolute atomic E-state index is 0.00778. The fraction of sp³-hybridized carbons (Fsp3) is 0.471. The van der Waals surface area contributed by atoms with Gasteiger partial charge < -0.3 is 14.7 Å². The molecule has 1 aromatic rings. The van der Waals surface area contributed by atoms with Gasteiger partial charge in [-0.05, 0) is 44.5 Å². The lowest BCUT2D eigenvalue weighted by Gasteiger charge is -2.37. The van der Waals surface area contributed by atoms with Crippen molar-refractivity contribution in [2.75, 3.05) is 19.8 Å². The van der Waals surface area contributed by atoms with Crippen LogP contribution in [0, 0.1) is 18.8 Å². The molecule has 1 heterocycles. The van der Waals surface area contributed by atoms with Crippen LogP contribution in [0.1, 0.15) is 35.3 Å². The Morgan fingerprint density at radius 2 is 2.19 bits per heavy atom. The van der Waals surface area contributed by atoms with Crippen LogP contribution in [0.4, 0.5) is 0 Å². The largest absolute Gasteiger partial charge is 0.384 e. The maximum absolute atomic E-state index is 12.7. The van der Waals surface area contributed by atoms with Gasteiger partial charge in [0, 0.05) is 17.7 Å². The summed E-state index contributed by atoms with van der Waals surface area (Å²) >= 11 is 0. The van der Waals surface area contributed by atoms with Crippen molar-refractivity contribution >= 4 is 5.91 Å². The Labute approximate surface area is 125 Å². The second kappa shape index (κ2) is 6.75. The lowest BCUT2D eigenvalue weighted by Crippen LogP contribution is -2.50. The van der Waals surface area contributed by atoms with Crippen LogP contribution in [0.3, 0.4) is 0 Å². The average Bonchev–Trinajstić information content (AvgIpc) is 2.46. The Morgan fingerprint density at radius 3 is 2.90 bits per heavy atom. The average molecular weight is 287 g/mol. The number of nitrogens with zero attached hydrogens (tertiary/aromatic N) is 1. The maximum atomic E-state index is 12.7. The van der Waals surface area contributed by atoms with Gasteiger partial charge in [0.1, 0.15) is 6.61 Å². The summed E-state index contributed by atoms with van der Waals surface area (Å²) in [7, 11) is 0. The highest BCUT2D eigenvalue weighted by Crippen LogP contribution is 2.17. The van der Waals surface area contributed by atoms with Crippen molar-refractivity contribution < 1.29 is 14.6 Å². The quantitative estimate of drug-likeness (QED) is 0.798. The van der Waals surface area contributed by atoms with Gasteiger partial charge >= 0.3 is 0 Å². The van der Waals surface area contributed by atoms with Gasteiger partial charge in [0.15, 0.2) is 0 Å². The zero-order valence-electron chi connectivity index (χ0n) is 12.7. The number of hydrogen-bond acceptors (Lipinski definition) is 3. The van der Waals surface area contributed by atoms with Crippen molar-refractivity contribution in [3.63, 3.8) is 0 Å². The molecule has 21 heavy (non-hydrogen) atoms.